The van der Waals surface area contributed by atoms with E-state index >= 15 is 0 Å². The normalized spacial score (nSPS) is 19.3. The molecule has 164 valence electrons. The summed E-state index contributed by atoms with van der Waals surface area (Å²) in [5.74, 6) is 2.04. The van der Waals surface area contributed by atoms with Crippen LogP contribution in [0.25, 0.3) is 11.3 Å². The number of nitriles is 1. The number of hydrogen-bond acceptors (Lipinski definition) is 7. The first-order valence-corrected chi connectivity index (χ1v) is 11.1. The highest BCUT2D eigenvalue weighted by molar-refractivity contribution is 5.76. The average Bonchev–Trinajstić information content (AvgIpc) is 3.49. The molecule has 0 amide bonds. The second-order valence-corrected chi connectivity index (χ2v) is 9.15. The molecule has 2 aromatic heterocycles. The van der Waals surface area contributed by atoms with Gasteiger partial charge in [-0.15, -0.1) is 0 Å². The zero-order valence-corrected chi connectivity index (χ0v) is 18.4. The Bertz CT molecular complexity index is 1210. The number of benzene rings is 1. The van der Waals surface area contributed by atoms with Gasteiger partial charge < -0.3 is 15.7 Å². The Morgan fingerprint density at radius 2 is 2.19 bits per heavy atom. The lowest BCUT2D eigenvalue weighted by Gasteiger charge is -2.21. The Morgan fingerprint density at radius 1 is 1.34 bits per heavy atom. The Labute approximate surface area is 187 Å². The molecule has 0 saturated heterocycles. The summed E-state index contributed by atoms with van der Waals surface area (Å²) in [5.41, 5.74) is 4.49. The predicted octanol–water partition coefficient (Wildman–Crippen LogP) is 3.74. The standard InChI is InChI=1S/C24H27N7O/c1-15-9-21(30-31(15)8-6-16-3-4-16)29-23-26-7-5-20(28-23)17-10-18(12-25)22-19(11-17)24(2,14-32)13-27-22/h5,7,9-11,16,27,32H,3-4,6,8,13-14H2,1-2H3,(H,26,28,29,30)/t24-/m1/s1. The van der Waals surface area contributed by atoms with E-state index < -0.39 is 5.41 Å². The molecule has 1 aliphatic carbocycles. The summed E-state index contributed by atoms with van der Waals surface area (Å²) in [7, 11) is 0. The number of aromatic nitrogens is 4. The number of anilines is 3. The molecule has 2 aliphatic rings. The van der Waals surface area contributed by atoms with Crippen molar-refractivity contribution in [2.24, 2.45) is 5.92 Å². The fourth-order valence-electron chi connectivity index (χ4n) is 4.27. The zero-order chi connectivity index (χ0) is 22.3. The van der Waals surface area contributed by atoms with E-state index in [4.69, 9.17) is 0 Å². The first kappa shape index (κ1) is 20.5. The minimum atomic E-state index is -0.435. The number of fused-ring (bicyclic) bond motifs is 1. The van der Waals surface area contributed by atoms with E-state index in [1.54, 1.807) is 6.20 Å². The summed E-state index contributed by atoms with van der Waals surface area (Å²) in [6.45, 7) is 5.58. The van der Waals surface area contributed by atoms with Crippen LogP contribution in [0.4, 0.5) is 17.5 Å². The van der Waals surface area contributed by atoms with Gasteiger partial charge in [-0.05, 0) is 43.0 Å². The number of aliphatic hydroxyl groups is 1. The summed E-state index contributed by atoms with van der Waals surface area (Å²) in [5, 5.41) is 30.7. The van der Waals surface area contributed by atoms with E-state index in [9.17, 15) is 10.4 Å². The fraction of sp³-hybridized carbons (Fsp3) is 0.417. The molecule has 3 heterocycles. The molecule has 1 aliphatic heterocycles. The van der Waals surface area contributed by atoms with Crippen molar-refractivity contribution in [2.45, 2.75) is 45.1 Å². The van der Waals surface area contributed by atoms with Crippen molar-refractivity contribution in [1.29, 1.82) is 5.26 Å². The SMILES string of the molecule is Cc1cc(Nc2nccc(-c3cc(C#N)c4c(c3)[C@@](C)(CO)CN4)n2)nn1CCC1CC1. The van der Waals surface area contributed by atoms with Gasteiger partial charge in [-0.25, -0.2) is 9.97 Å². The van der Waals surface area contributed by atoms with Crippen molar-refractivity contribution in [3.05, 3.63) is 47.3 Å². The molecular weight excluding hydrogens is 402 g/mol. The molecule has 1 atom stereocenters. The van der Waals surface area contributed by atoms with Gasteiger partial charge in [-0.1, -0.05) is 19.8 Å². The van der Waals surface area contributed by atoms with Crippen molar-refractivity contribution in [3.8, 4) is 17.3 Å². The maximum absolute atomic E-state index is 9.93. The molecule has 8 heteroatoms. The fourth-order valence-corrected chi connectivity index (χ4v) is 4.27. The van der Waals surface area contributed by atoms with Gasteiger partial charge in [0, 0.05) is 42.0 Å². The molecule has 0 spiro atoms. The van der Waals surface area contributed by atoms with Crippen LogP contribution in [0.5, 0.6) is 0 Å². The van der Waals surface area contributed by atoms with Crippen molar-refractivity contribution in [3.63, 3.8) is 0 Å². The highest BCUT2D eigenvalue weighted by Crippen LogP contribution is 2.41. The first-order valence-electron chi connectivity index (χ1n) is 11.1. The first-order chi connectivity index (χ1) is 15.5. The third-order valence-corrected chi connectivity index (χ3v) is 6.53. The van der Waals surface area contributed by atoms with Crippen LogP contribution in [-0.4, -0.2) is 38.0 Å². The molecule has 1 fully saturated rings. The van der Waals surface area contributed by atoms with Gasteiger partial charge in [0.25, 0.3) is 0 Å². The summed E-state index contributed by atoms with van der Waals surface area (Å²) >= 11 is 0. The Balaban J connectivity index is 1.42. The number of hydrogen-bond donors (Lipinski definition) is 3. The lowest BCUT2D eigenvalue weighted by Crippen LogP contribution is -2.28. The third kappa shape index (κ3) is 3.80. The highest BCUT2D eigenvalue weighted by Gasteiger charge is 2.36. The number of aryl methyl sites for hydroxylation is 2. The maximum Gasteiger partial charge on any atom is 0.228 e. The lowest BCUT2D eigenvalue weighted by atomic mass is 9.83. The van der Waals surface area contributed by atoms with Gasteiger partial charge in [0.2, 0.25) is 5.95 Å². The Hall–Kier alpha value is -3.44. The van der Waals surface area contributed by atoms with E-state index in [2.05, 4.69) is 38.7 Å². The molecular formula is C24H27N7O. The van der Waals surface area contributed by atoms with Gasteiger partial charge in [-0.3, -0.25) is 4.68 Å². The van der Waals surface area contributed by atoms with Gasteiger partial charge in [0.15, 0.2) is 5.82 Å². The molecule has 32 heavy (non-hydrogen) atoms. The third-order valence-electron chi connectivity index (χ3n) is 6.53. The van der Waals surface area contributed by atoms with Crippen molar-refractivity contribution in [2.75, 3.05) is 23.8 Å². The van der Waals surface area contributed by atoms with Crippen LogP contribution in [0, 0.1) is 24.2 Å². The van der Waals surface area contributed by atoms with Gasteiger partial charge >= 0.3 is 0 Å². The Morgan fingerprint density at radius 3 is 2.94 bits per heavy atom. The van der Waals surface area contributed by atoms with Crippen LogP contribution in [0.15, 0.2) is 30.5 Å². The largest absolute Gasteiger partial charge is 0.395 e. The minimum absolute atomic E-state index is 0.000653. The van der Waals surface area contributed by atoms with Crippen molar-refractivity contribution >= 4 is 17.5 Å². The van der Waals surface area contributed by atoms with Crippen LogP contribution >= 0.6 is 0 Å². The molecule has 1 aromatic carbocycles. The molecule has 3 N–H and O–H groups in total. The number of rotatable bonds is 7. The van der Waals surface area contributed by atoms with E-state index in [0.717, 1.165) is 40.8 Å². The summed E-state index contributed by atoms with van der Waals surface area (Å²) in [6, 6.07) is 9.94. The van der Waals surface area contributed by atoms with Crippen molar-refractivity contribution in [1.82, 2.24) is 19.7 Å². The number of nitrogens with one attached hydrogen (secondary N) is 2. The molecule has 8 nitrogen and oxygen atoms in total. The number of aliphatic hydroxyl groups excluding tert-OH is 1. The second kappa shape index (κ2) is 7.92. The smallest absolute Gasteiger partial charge is 0.228 e. The highest BCUT2D eigenvalue weighted by atomic mass is 16.3. The summed E-state index contributed by atoms with van der Waals surface area (Å²) in [6.07, 6.45) is 5.56. The van der Waals surface area contributed by atoms with Crippen LogP contribution in [0.3, 0.4) is 0 Å². The lowest BCUT2D eigenvalue weighted by molar-refractivity contribution is 0.219. The van der Waals surface area contributed by atoms with E-state index in [1.807, 2.05) is 35.9 Å². The monoisotopic (exact) mass is 429 g/mol. The van der Waals surface area contributed by atoms with Crippen LogP contribution in [0.1, 0.15) is 43.0 Å². The van der Waals surface area contributed by atoms with E-state index in [0.29, 0.717) is 23.8 Å². The molecule has 0 radical (unpaired) electrons. The topological polar surface area (TPSA) is 112 Å². The maximum atomic E-state index is 9.93. The molecule has 0 unspecified atom stereocenters. The quantitative estimate of drug-likeness (QED) is 0.524. The van der Waals surface area contributed by atoms with Crippen LogP contribution in [-0.2, 0) is 12.0 Å². The second-order valence-electron chi connectivity index (χ2n) is 9.15. The van der Waals surface area contributed by atoms with E-state index in [1.165, 1.54) is 19.3 Å². The van der Waals surface area contributed by atoms with Gasteiger partial charge in [0.05, 0.1) is 23.6 Å². The van der Waals surface area contributed by atoms with Gasteiger partial charge in [-0.2, -0.15) is 10.4 Å². The molecule has 5 rings (SSSR count). The summed E-state index contributed by atoms with van der Waals surface area (Å²) < 4.78 is 2.03. The predicted molar refractivity (Wildman–Crippen MR) is 123 cm³/mol. The Kier molecular flexibility index (Phi) is 5.06. The molecule has 0 bridgehead atoms. The average molecular weight is 430 g/mol. The molecule has 3 aromatic rings. The summed E-state index contributed by atoms with van der Waals surface area (Å²) in [4.78, 5) is 9.03. The number of nitrogens with zero attached hydrogens (tertiary/aromatic N) is 5. The van der Waals surface area contributed by atoms with Gasteiger partial charge in [0.1, 0.15) is 6.07 Å². The minimum Gasteiger partial charge on any atom is -0.395 e. The molecule has 1 saturated carbocycles. The zero-order valence-electron chi connectivity index (χ0n) is 18.4. The van der Waals surface area contributed by atoms with Crippen LogP contribution in [0.2, 0.25) is 0 Å². The van der Waals surface area contributed by atoms with Crippen LogP contribution < -0.4 is 10.6 Å². The van der Waals surface area contributed by atoms with Crippen molar-refractivity contribution < 1.29 is 5.11 Å². The van der Waals surface area contributed by atoms with E-state index in [-0.39, 0.29) is 6.61 Å².